The number of hydrogen-bond donors (Lipinski definition) is 1. The standard InChI is InChI=1S/C29H29N3O3/c1-3-35-29(34)28-25(20-27(33)32(31-28)26-17-11-10-12-21(26)2)30-19-18-24(22-13-6-4-7-14-22)23-15-8-5-9-16-23/h4-17,20,24,30H,3,18-19H2,1-2H3. The van der Waals surface area contributed by atoms with Crippen molar-refractivity contribution in [3.05, 3.63) is 124 Å². The number of rotatable bonds is 9. The van der Waals surface area contributed by atoms with Gasteiger partial charge >= 0.3 is 5.97 Å². The predicted molar refractivity (Wildman–Crippen MR) is 138 cm³/mol. The first-order valence-electron chi connectivity index (χ1n) is 11.8. The lowest BCUT2D eigenvalue weighted by atomic mass is 9.88. The predicted octanol–water partition coefficient (Wildman–Crippen LogP) is 5.35. The quantitative estimate of drug-likeness (QED) is 0.336. The molecule has 0 spiro atoms. The summed E-state index contributed by atoms with van der Waals surface area (Å²) in [5.41, 5.74) is 4.06. The summed E-state index contributed by atoms with van der Waals surface area (Å²) in [5, 5.41) is 7.68. The van der Waals surface area contributed by atoms with Gasteiger partial charge < -0.3 is 10.1 Å². The lowest BCUT2D eigenvalue weighted by molar-refractivity contribution is 0.0518. The molecule has 6 heteroatoms. The highest BCUT2D eigenvalue weighted by Crippen LogP contribution is 2.28. The van der Waals surface area contributed by atoms with Gasteiger partial charge in [0.05, 0.1) is 18.0 Å². The van der Waals surface area contributed by atoms with Crippen molar-refractivity contribution in [2.45, 2.75) is 26.2 Å². The van der Waals surface area contributed by atoms with E-state index in [9.17, 15) is 9.59 Å². The highest BCUT2D eigenvalue weighted by atomic mass is 16.5. The van der Waals surface area contributed by atoms with Crippen LogP contribution in [0.25, 0.3) is 5.69 Å². The van der Waals surface area contributed by atoms with Gasteiger partial charge in [0.2, 0.25) is 0 Å². The number of esters is 1. The Kier molecular flexibility index (Phi) is 7.73. The first kappa shape index (κ1) is 24.0. The molecule has 0 aliphatic heterocycles. The van der Waals surface area contributed by atoms with E-state index in [0.717, 1.165) is 12.0 Å². The molecule has 0 aliphatic rings. The first-order valence-corrected chi connectivity index (χ1v) is 11.8. The van der Waals surface area contributed by atoms with Crippen molar-refractivity contribution < 1.29 is 9.53 Å². The largest absolute Gasteiger partial charge is 0.461 e. The molecule has 1 N–H and O–H groups in total. The average Bonchev–Trinajstić information content (AvgIpc) is 2.88. The molecule has 0 saturated carbocycles. The number of aryl methyl sites for hydroxylation is 1. The summed E-state index contributed by atoms with van der Waals surface area (Å²) in [6.07, 6.45) is 0.761. The summed E-state index contributed by atoms with van der Waals surface area (Å²) in [4.78, 5) is 25.7. The average molecular weight is 468 g/mol. The minimum Gasteiger partial charge on any atom is -0.461 e. The van der Waals surface area contributed by atoms with Crippen molar-refractivity contribution in [2.75, 3.05) is 18.5 Å². The second kappa shape index (κ2) is 11.3. The van der Waals surface area contributed by atoms with Crippen molar-refractivity contribution in [3.63, 3.8) is 0 Å². The first-order chi connectivity index (χ1) is 17.1. The van der Waals surface area contributed by atoms with Gasteiger partial charge in [0.1, 0.15) is 0 Å². The zero-order valence-electron chi connectivity index (χ0n) is 20.0. The Morgan fingerprint density at radius 3 is 2.14 bits per heavy atom. The molecule has 178 valence electrons. The Morgan fingerprint density at radius 1 is 0.943 bits per heavy atom. The number of para-hydroxylation sites is 1. The highest BCUT2D eigenvalue weighted by molar-refractivity contribution is 5.93. The van der Waals surface area contributed by atoms with Crippen molar-refractivity contribution in [2.24, 2.45) is 0 Å². The molecule has 0 aliphatic carbocycles. The van der Waals surface area contributed by atoms with E-state index in [2.05, 4.69) is 34.7 Å². The molecule has 3 aromatic carbocycles. The molecule has 0 radical (unpaired) electrons. The van der Waals surface area contributed by atoms with E-state index >= 15 is 0 Å². The molecule has 4 rings (SSSR count). The van der Waals surface area contributed by atoms with E-state index in [1.807, 2.05) is 61.5 Å². The summed E-state index contributed by atoms with van der Waals surface area (Å²) in [6, 6.07) is 29.5. The van der Waals surface area contributed by atoms with Crippen LogP contribution in [0.15, 0.2) is 95.8 Å². The van der Waals surface area contributed by atoms with Gasteiger partial charge in [-0.25, -0.2) is 4.79 Å². The Labute approximate surface area is 205 Å². The Hall–Kier alpha value is -4.19. The van der Waals surface area contributed by atoms with Crippen LogP contribution in [0.1, 0.15) is 46.4 Å². The number of nitrogens with one attached hydrogen (secondary N) is 1. The molecule has 0 saturated heterocycles. The van der Waals surface area contributed by atoms with Crippen LogP contribution < -0.4 is 10.9 Å². The number of ether oxygens (including phenoxy) is 1. The summed E-state index contributed by atoms with van der Waals surface area (Å²) < 4.78 is 6.49. The third-order valence-electron chi connectivity index (χ3n) is 5.90. The van der Waals surface area contributed by atoms with Crippen LogP contribution in [-0.4, -0.2) is 28.9 Å². The number of benzene rings is 3. The van der Waals surface area contributed by atoms with Crippen LogP contribution in [0.4, 0.5) is 5.69 Å². The molecule has 1 aromatic heterocycles. The fourth-order valence-corrected chi connectivity index (χ4v) is 4.16. The van der Waals surface area contributed by atoms with Gasteiger partial charge in [-0.15, -0.1) is 0 Å². The molecule has 6 nitrogen and oxygen atoms in total. The lowest BCUT2D eigenvalue weighted by Gasteiger charge is -2.19. The van der Waals surface area contributed by atoms with Gasteiger partial charge in [0.15, 0.2) is 5.69 Å². The Morgan fingerprint density at radius 2 is 1.54 bits per heavy atom. The van der Waals surface area contributed by atoms with Crippen molar-refractivity contribution in [1.29, 1.82) is 0 Å². The summed E-state index contributed by atoms with van der Waals surface area (Å²) >= 11 is 0. The maximum absolute atomic E-state index is 13.0. The van der Waals surface area contributed by atoms with Gasteiger partial charge in [-0.05, 0) is 43.0 Å². The Balaban J connectivity index is 1.62. The number of carbonyl (C=O) groups excluding carboxylic acids is 1. The van der Waals surface area contributed by atoms with Crippen molar-refractivity contribution in [3.8, 4) is 5.69 Å². The lowest BCUT2D eigenvalue weighted by Crippen LogP contribution is -2.26. The number of nitrogens with zero attached hydrogens (tertiary/aromatic N) is 2. The van der Waals surface area contributed by atoms with E-state index in [1.54, 1.807) is 13.0 Å². The molecule has 1 heterocycles. The molecule has 4 aromatic rings. The molecular weight excluding hydrogens is 438 g/mol. The number of hydrogen-bond acceptors (Lipinski definition) is 5. The SMILES string of the molecule is CCOC(=O)c1nn(-c2ccccc2C)c(=O)cc1NCCC(c1ccccc1)c1ccccc1. The normalized spacial score (nSPS) is 10.8. The Bertz CT molecular complexity index is 1290. The topological polar surface area (TPSA) is 73.2 Å². The second-order valence-electron chi connectivity index (χ2n) is 8.25. The van der Waals surface area contributed by atoms with Crippen LogP contribution in [0.2, 0.25) is 0 Å². The van der Waals surface area contributed by atoms with E-state index in [1.165, 1.54) is 21.9 Å². The fourth-order valence-electron chi connectivity index (χ4n) is 4.16. The van der Waals surface area contributed by atoms with Gasteiger partial charge in [0.25, 0.3) is 5.56 Å². The minimum atomic E-state index is -0.569. The van der Waals surface area contributed by atoms with E-state index in [-0.39, 0.29) is 23.8 Å². The number of anilines is 1. The molecule has 0 fully saturated rings. The van der Waals surface area contributed by atoms with Gasteiger partial charge in [-0.3, -0.25) is 4.79 Å². The number of aromatic nitrogens is 2. The maximum atomic E-state index is 13.0. The third kappa shape index (κ3) is 5.66. The van der Waals surface area contributed by atoms with Gasteiger partial charge in [0, 0.05) is 18.5 Å². The summed E-state index contributed by atoms with van der Waals surface area (Å²) in [6.45, 7) is 4.39. The number of carbonyl (C=O) groups is 1. The van der Waals surface area contributed by atoms with Crippen LogP contribution >= 0.6 is 0 Å². The smallest absolute Gasteiger partial charge is 0.360 e. The van der Waals surface area contributed by atoms with Crippen LogP contribution in [0.3, 0.4) is 0 Å². The molecule has 0 bridgehead atoms. The molecule has 0 amide bonds. The highest BCUT2D eigenvalue weighted by Gasteiger charge is 2.20. The monoisotopic (exact) mass is 467 g/mol. The van der Waals surface area contributed by atoms with E-state index in [4.69, 9.17) is 4.74 Å². The molecule has 35 heavy (non-hydrogen) atoms. The van der Waals surface area contributed by atoms with Gasteiger partial charge in [-0.1, -0.05) is 78.9 Å². The second-order valence-corrected chi connectivity index (χ2v) is 8.25. The van der Waals surface area contributed by atoms with Crippen LogP contribution in [0.5, 0.6) is 0 Å². The fraction of sp³-hybridized carbons (Fsp3) is 0.207. The summed E-state index contributed by atoms with van der Waals surface area (Å²) in [7, 11) is 0. The van der Waals surface area contributed by atoms with Gasteiger partial charge in [-0.2, -0.15) is 9.78 Å². The zero-order valence-corrected chi connectivity index (χ0v) is 20.0. The van der Waals surface area contributed by atoms with E-state index < -0.39 is 5.97 Å². The molecular formula is C29H29N3O3. The molecule has 0 atom stereocenters. The minimum absolute atomic E-state index is 0.0886. The van der Waals surface area contributed by atoms with Crippen molar-refractivity contribution >= 4 is 11.7 Å². The zero-order chi connectivity index (χ0) is 24.6. The van der Waals surface area contributed by atoms with Crippen LogP contribution in [-0.2, 0) is 4.74 Å². The van der Waals surface area contributed by atoms with Crippen molar-refractivity contribution in [1.82, 2.24) is 9.78 Å². The summed E-state index contributed by atoms with van der Waals surface area (Å²) in [5.74, 6) is -0.406. The molecule has 0 unspecified atom stereocenters. The third-order valence-corrected chi connectivity index (χ3v) is 5.90. The maximum Gasteiger partial charge on any atom is 0.360 e. The van der Waals surface area contributed by atoms with Crippen LogP contribution in [0, 0.1) is 6.92 Å². The van der Waals surface area contributed by atoms with E-state index in [0.29, 0.717) is 17.9 Å².